The van der Waals surface area contributed by atoms with E-state index in [0.29, 0.717) is 16.8 Å². The molecule has 2 aromatic rings. The Morgan fingerprint density at radius 1 is 1.08 bits per heavy atom. The normalized spacial score (nSPS) is 16.1. The molecule has 1 fully saturated rings. The number of anilines is 2. The predicted molar refractivity (Wildman–Crippen MR) is 106 cm³/mol. The third-order valence-corrected chi connectivity index (χ3v) is 6.47. The zero-order chi connectivity index (χ0) is 18.6. The standard InChI is InChI=1S/C19H24ClN3O2S/c1-14-12-17(9-10-18(14)20)26(24,25)23-16-8-11-19(21-13-16)22-15-6-4-2-3-5-7-15/h8-13,15,23H,2-7H2,1H3,(H,21,22). The summed E-state index contributed by atoms with van der Waals surface area (Å²) < 4.78 is 27.6. The highest BCUT2D eigenvalue weighted by atomic mass is 35.5. The summed E-state index contributed by atoms with van der Waals surface area (Å²) in [5.41, 5.74) is 1.15. The summed E-state index contributed by atoms with van der Waals surface area (Å²) in [6, 6.07) is 8.63. The van der Waals surface area contributed by atoms with Gasteiger partial charge in [-0.3, -0.25) is 4.72 Å². The van der Waals surface area contributed by atoms with Crippen molar-refractivity contribution in [2.75, 3.05) is 10.0 Å². The molecule has 0 spiro atoms. The van der Waals surface area contributed by atoms with E-state index in [1.54, 1.807) is 31.3 Å². The van der Waals surface area contributed by atoms with Gasteiger partial charge in [0, 0.05) is 11.1 Å². The van der Waals surface area contributed by atoms with Crippen molar-refractivity contribution in [3.05, 3.63) is 47.1 Å². The Balaban J connectivity index is 1.67. The van der Waals surface area contributed by atoms with E-state index in [2.05, 4.69) is 15.0 Å². The number of hydrogen-bond acceptors (Lipinski definition) is 4. The zero-order valence-electron chi connectivity index (χ0n) is 14.8. The molecule has 0 aliphatic heterocycles. The fourth-order valence-electron chi connectivity index (χ4n) is 3.17. The number of aryl methyl sites for hydroxylation is 1. The van der Waals surface area contributed by atoms with Gasteiger partial charge in [-0.1, -0.05) is 37.3 Å². The Kier molecular flexibility index (Phi) is 6.04. The van der Waals surface area contributed by atoms with Crippen molar-refractivity contribution < 1.29 is 8.42 Å². The molecule has 0 atom stereocenters. The summed E-state index contributed by atoms with van der Waals surface area (Å²) in [6.45, 7) is 1.77. The largest absolute Gasteiger partial charge is 0.367 e. The molecule has 140 valence electrons. The number of aromatic nitrogens is 1. The molecule has 1 aliphatic carbocycles. The van der Waals surface area contributed by atoms with E-state index in [4.69, 9.17) is 11.6 Å². The highest BCUT2D eigenvalue weighted by molar-refractivity contribution is 7.92. The van der Waals surface area contributed by atoms with Gasteiger partial charge >= 0.3 is 0 Å². The second-order valence-corrected chi connectivity index (χ2v) is 8.87. The van der Waals surface area contributed by atoms with Gasteiger partial charge in [-0.05, 0) is 55.7 Å². The Morgan fingerprint density at radius 2 is 1.81 bits per heavy atom. The summed E-state index contributed by atoms with van der Waals surface area (Å²) in [4.78, 5) is 4.53. The molecule has 3 rings (SSSR count). The molecule has 26 heavy (non-hydrogen) atoms. The van der Waals surface area contributed by atoms with Crippen molar-refractivity contribution in [2.45, 2.75) is 56.4 Å². The number of hydrogen-bond donors (Lipinski definition) is 2. The first-order chi connectivity index (χ1) is 12.4. The van der Waals surface area contributed by atoms with Crippen molar-refractivity contribution in [3.8, 4) is 0 Å². The highest BCUT2D eigenvalue weighted by Gasteiger charge is 2.16. The van der Waals surface area contributed by atoms with Crippen LogP contribution in [0.5, 0.6) is 0 Å². The molecule has 2 N–H and O–H groups in total. The Hall–Kier alpha value is -1.79. The van der Waals surface area contributed by atoms with Crippen molar-refractivity contribution in [1.82, 2.24) is 4.98 Å². The molecule has 0 amide bonds. The second kappa shape index (κ2) is 8.27. The van der Waals surface area contributed by atoms with Gasteiger partial charge in [0.1, 0.15) is 5.82 Å². The lowest BCUT2D eigenvalue weighted by Crippen LogP contribution is -2.19. The number of rotatable bonds is 5. The van der Waals surface area contributed by atoms with Gasteiger partial charge in [-0.15, -0.1) is 0 Å². The van der Waals surface area contributed by atoms with E-state index >= 15 is 0 Å². The van der Waals surface area contributed by atoms with Crippen molar-refractivity contribution in [3.63, 3.8) is 0 Å². The molecule has 0 saturated heterocycles. The molecular formula is C19H24ClN3O2S. The average molecular weight is 394 g/mol. The SMILES string of the molecule is Cc1cc(S(=O)(=O)Nc2ccc(NC3CCCCCC3)nc2)ccc1Cl. The van der Waals surface area contributed by atoms with Crippen LogP contribution in [-0.4, -0.2) is 19.4 Å². The summed E-state index contributed by atoms with van der Waals surface area (Å²) in [5, 5.41) is 3.99. The average Bonchev–Trinajstić information content (AvgIpc) is 2.87. The maximum Gasteiger partial charge on any atom is 0.261 e. The van der Waals surface area contributed by atoms with E-state index in [-0.39, 0.29) is 4.90 Å². The van der Waals surface area contributed by atoms with Crippen LogP contribution in [0.2, 0.25) is 5.02 Å². The fraction of sp³-hybridized carbons (Fsp3) is 0.421. The number of nitrogens with one attached hydrogen (secondary N) is 2. The summed E-state index contributed by atoms with van der Waals surface area (Å²) in [7, 11) is -3.67. The van der Waals surface area contributed by atoms with Crippen molar-refractivity contribution in [1.29, 1.82) is 0 Å². The van der Waals surface area contributed by atoms with Gasteiger partial charge in [0.15, 0.2) is 0 Å². The van der Waals surface area contributed by atoms with E-state index in [0.717, 1.165) is 24.2 Å². The van der Waals surface area contributed by atoms with Crippen LogP contribution in [0, 0.1) is 6.92 Å². The van der Waals surface area contributed by atoms with Crippen LogP contribution in [0.4, 0.5) is 11.5 Å². The molecule has 1 heterocycles. The Bertz CT molecular complexity index is 846. The van der Waals surface area contributed by atoms with Gasteiger partial charge in [0.05, 0.1) is 16.8 Å². The summed E-state index contributed by atoms with van der Waals surface area (Å²) in [6.07, 6.45) is 8.95. The minimum absolute atomic E-state index is 0.181. The molecule has 0 radical (unpaired) electrons. The molecule has 1 saturated carbocycles. The van der Waals surface area contributed by atoms with Crippen molar-refractivity contribution in [2.24, 2.45) is 0 Å². The minimum Gasteiger partial charge on any atom is -0.367 e. The molecule has 5 nitrogen and oxygen atoms in total. The first-order valence-electron chi connectivity index (χ1n) is 8.95. The Labute approximate surface area is 160 Å². The van der Waals surface area contributed by atoms with Gasteiger partial charge in [0.25, 0.3) is 10.0 Å². The van der Waals surface area contributed by atoms with Crippen LogP contribution in [0.1, 0.15) is 44.1 Å². The van der Waals surface area contributed by atoms with Crippen LogP contribution in [0.3, 0.4) is 0 Å². The van der Waals surface area contributed by atoms with Crippen molar-refractivity contribution >= 4 is 33.1 Å². The maximum absolute atomic E-state index is 12.5. The highest BCUT2D eigenvalue weighted by Crippen LogP contribution is 2.23. The summed E-state index contributed by atoms with van der Waals surface area (Å²) >= 11 is 5.97. The molecular weight excluding hydrogens is 370 g/mol. The maximum atomic E-state index is 12.5. The summed E-state index contributed by atoms with van der Waals surface area (Å²) in [5.74, 6) is 0.780. The third kappa shape index (κ3) is 4.89. The second-order valence-electron chi connectivity index (χ2n) is 6.78. The molecule has 7 heteroatoms. The fourth-order valence-corrected chi connectivity index (χ4v) is 4.42. The topological polar surface area (TPSA) is 71.1 Å². The third-order valence-electron chi connectivity index (χ3n) is 4.66. The van der Waals surface area contributed by atoms with Crippen LogP contribution in [-0.2, 0) is 10.0 Å². The van der Waals surface area contributed by atoms with Crippen LogP contribution < -0.4 is 10.0 Å². The van der Waals surface area contributed by atoms with E-state index < -0.39 is 10.0 Å². The van der Waals surface area contributed by atoms with E-state index in [1.165, 1.54) is 31.7 Å². The monoisotopic (exact) mass is 393 g/mol. The van der Waals surface area contributed by atoms with Crippen LogP contribution >= 0.6 is 11.6 Å². The number of halogens is 1. The molecule has 0 unspecified atom stereocenters. The smallest absolute Gasteiger partial charge is 0.261 e. The number of sulfonamides is 1. The van der Waals surface area contributed by atoms with E-state index in [1.807, 2.05) is 6.07 Å². The first kappa shape index (κ1) is 19.0. The van der Waals surface area contributed by atoms with Crippen LogP contribution in [0.15, 0.2) is 41.4 Å². The lowest BCUT2D eigenvalue weighted by molar-refractivity contribution is 0.601. The first-order valence-corrected chi connectivity index (χ1v) is 10.8. The number of nitrogens with zero attached hydrogens (tertiary/aromatic N) is 1. The predicted octanol–water partition coefficient (Wildman–Crippen LogP) is 4.98. The van der Waals surface area contributed by atoms with Gasteiger partial charge in [-0.25, -0.2) is 13.4 Å². The molecule has 1 aromatic carbocycles. The molecule has 0 bridgehead atoms. The zero-order valence-corrected chi connectivity index (χ0v) is 16.4. The van der Waals surface area contributed by atoms with Gasteiger partial charge in [0.2, 0.25) is 0 Å². The van der Waals surface area contributed by atoms with E-state index in [9.17, 15) is 8.42 Å². The minimum atomic E-state index is -3.67. The lowest BCUT2D eigenvalue weighted by atomic mass is 10.1. The quantitative estimate of drug-likeness (QED) is 0.703. The molecule has 1 aromatic heterocycles. The molecule has 1 aliphatic rings. The Morgan fingerprint density at radius 3 is 2.42 bits per heavy atom. The van der Waals surface area contributed by atoms with Crippen LogP contribution in [0.25, 0.3) is 0 Å². The number of benzene rings is 1. The number of pyridine rings is 1. The van der Waals surface area contributed by atoms with Gasteiger partial charge in [-0.2, -0.15) is 0 Å². The lowest BCUT2D eigenvalue weighted by Gasteiger charge is -2.17. The van der Waals surface area contributed by atoms with Gasteiger partial charge < -0.3 is 5.32 Å².